The van der Waals surface area contributed by atoms with Gasteiger partial charge in [-0.15, -0.1) is 0 Å². The molecule has 1 amide bonds. The maximum atomic E-state index is 12.4. The number of anilines is 1. The van der Waals surface area contributed by atoms with Gasteiger partial charge in [-0.25, -0.2) is 0 Å². The lowest BCUT2D eigenvalue weighted by molar-refractivity contribution is -0.120. The monoisotopic (exact) mass is 274 g/mol. The van der Waals surface area contributed by atoms with E-state index >= 15 is 0 Å². The van der Waals surface area contributed by atoms with Crippen LogP contribution in [0.3, 0.4) is 0 Å². The SMILES string of the molecule is Cc1ccc(C)c(NC(=O)[C@@H](C)N2CCCCCC2)c1. The number of hydrogen-bond donors (Lipinski definition) is 1. The predicted molar refractivity (Wildman–Crippen MR) is 84.0 cm³/mol. The maximum Gasteiger partial charge on any atom is 0.241 e. The third kappa shape index (κ3) is 3.83. The largest absolute Gasteiger partial charge is 0.324 e. The summed E-state index contributed by atoms with van der Waals surface area (Å²) in [7, 11) is 0. The minimum Gasteiger partial charge on any atom is -0.324 e. The summed E-state index contributed by atoms with van der Waals surface area (Å²) >= 11 is 0. The van der Waals surface area contributed by atoms with Crippen LogP contribution in [0, 0.1) is 13.8 Å². The Bertz CT molecular complexity index is 462. The average molecular weight is 274 g/mol. The van der Waals surface area contributed by atoms with Crippen LogP contribution in [0.1, 0.15) is 43.7 Å². The van der Waals surface area contributed by atoms with Crippen molar-refractivity contribution in [3.8, 4) is 0 Å². The number of benzene rings is 1. The molecule has 20 heavy (non-hydrogen) atoms. The van der Waals surface area contributed by atoms with Crippen LogP contribution in [0.15, 0.2) is 18.2 Å². The topological polar surface area (TPSA) is 32.3 Å². The van der Waals surface area contributed by atoms with E-state index in [-0.39, 0.29) is 11.9 Å². The number of carbonyl (C=O) groups excluding carboxylic acids is 1. The summed E-state index contributed by atoms with van der Waals surface area (Å²) in [6.45, 7) is 8.19. The number of nitrogens with zero attached hydrogens (tertiary/aromatic N) is 1. The fourth-order valence-corrected chi connectivity index (χ4v) is 2.76. The number of amides is 1. The van der Waals surface area contributed by atoms with E-state index in [0.717, 1.165) is 24.3 Å². The zero-order chi connectivity index (χ0) is 14.5. The van der Waals surface area contributed by atoms with E-state index in [0.29, 0.717) is 0 Å². The Hall–Kier alpha value is -1.35. The summed E-state index contributed by atoms with van der Waals surface area (Å²) in [5.41, 5.74) is 3.23. The van der Waals surface area contributed by atoms with Crippen molar-refractivity contribution in [3.63, 3.8) is 0 Å². The first-order valence-electron chi connectivity index (χ1n) is 7.70. The second kappa shape index (κ2) is 6.89. The van der Waals surface area contributed by atoms with E-state index in [9.17, 15) is 4.79 Å². The van der Waals surface area contributed by atoms with Crippen LogP contribution >= 0.6 is 0 Å². The van der Waals surface area contributed by atoms with E-state index in [1.165, 1.54) is 31.2 Å². The molecule has 0 aliphatic carbocycles. The summed E-state index contributed by atoms with van der Waals surface area (Å²) in [6.07, 6.45) is 5.01. The molecule has 3 heteroatoms. The second-order valence-electron chi connectivity index (χ2n) is 5.93. The first kappa shape index (κ1) is 15.0. The summed E-state index contributed by atoms with van der Waals surface area (Å²) in [5, 5.41) is 3.09. The maximum absolute atomic E-state index is 12.4. The van der Waals surface area contributed by atoms with Crippen LogP contribution in [0.2, 0.25) is 0 Å². The smallest absolute Gasteiger partial charge is 0.241 e. The molecule has 0 radical (unpaired) electrons. The quantitative estimate of drug-likeness (QED) is 0.915. The average Bonchev–Trinajstić information content (AvgIpc) is 2.71. The fourth-order valence-electron chi connectivity index (χ4n) is 2.76. The molecule has 1 heterocycles. The van der Waals surface area contributed by atoms with Crippen molar-refractivity contribution in [2.24, 2.45) is 0 Å². The van der Waals surface area contributed by atoms with Crippen LogP contribution in [-0.2, 0) is 4.79 Å². The molecule has 1 atom stereocenters. The number of nitrogens with one attached hydrogen (secondary N) is 1. The van der Waals surface area contributed by atoms with Crippen LogP contribution in [0.5, 0.6) is 0 Å². The molecule has 0 saturated carbocycles. The summed E-state index contributed by atoms with van der Waals surface area (Å²) in [6, 6.07) is 6.13. The highest BCUT2D eigenvalue weighted by Gasteiger charge is 2.22. The van der Waals surface area contributed by atoms with Gasteiger partial charge in [0.05, 0.1) is 6.04 Å². The van der Waals surface area contributed by atoms with E-state index in [4.69, 9.17) is 0 Å². The lowest BCUT2D eigenvalue weighted by atomic mass is 10.1. The van der Waals surface area contributed by atoms with Crippen LogP contribution in [0.4, 0.5) is 5.69 Å². The third-order valence-electron chi connectivity index (χ3n) is 4.22. The molecule has 1 saturated heterocycles. The Morgan fingerprint density at radius 1 is 1.15 bits per heavy atom. The Balaban J connectivity index is 2.01. The number of carbonyl (C=O) groups is 1. The van der Waals surface area contributed by atoms with Gasteiger partial charge in [-0.2, -0.15) is 0 Å². The van der Waals surface area contributed by atoms with Crippen LogP contribution in [0.25, 0.3) is 0 Å². The molecule has 1 aromatic carbocycles. The van der Waals surface area contributed by atoms with E-state index in [1.807, 2.05) is 26.8 Å². The molecule has 0 spiro atoms. The lowest BCUT2D eigenvalue weighted by Gasteiger charge is -2.26. The minimum atomic E-state index is -0.0481. The van der Waals surface area contributed by atoms with Crippen molar-refractivity contribution in [1.29, 1.82) is 0 Å². The third-order valence-corrected chi connectivity index (χ3v) is 4.22. The molecule has 3 nitrogen and oxygen atoms in total. The molecular formula is C17H26N2O. The van der Waals surface area contributed by atoms with Crippen molar-refractivity contribution in [3.05, 3.63) is 29.3 Å². The van der Waals surface area contributed by atoms with Crippen molar-refractivity contribution < 1.29 is 4.79 Å². The molecule has 2 rings (SSSR count). The zero-order valence-corrected chi connectivity index (χ0v) is 12.9. The molecule has 1 aliphatic heterocycles. The molecule has 1 aliphatic rings. The highest BCUT2D eigenvalue weighted by Crippen LogP contribution is 2.18. The van der Waals surface area contributed by atoms with Gasteiger partial charge >= 0.3 is 0 Å². The number of rotatable bonds is 3. The van der Waals surface area contributed by atoms with Gasteiger partial charge in [0, 0.05) is 5.69 Å². The van der Waals surface area contributed by atoms with E-state index in [2.05, 4.69) is 22.3 Å². The Morgan fingerprint density at radius 2 is 1.80 bits per heavy atom. The first-order valence-corrected chi connectivity index (χ1v) is 7.70. The number of likely N-dealkylation sites (tertiary alicyclic amines) is 1. The minimum absolute atomic E-state index is 0.0481. The van der Waals surface area contributed by atoms with Gasteiger partial charge in [-0.3, -0.25) is 9.69 Å². The summed E-state index contributed by atoms with van der Waals surface area (Å²) < 4.78 is 0. The van der Waals surface area contributed by atoms with Crippen LogP contribution < -0.4 is 5.32 Å². The summed E-state index contributed by atoms with van der Waals surface area (Å²) in [5.74, 6) is 0.112. The molecule has 1 N–H and O–H groups in total. The van der Waals surface area contributed by atoms with Crippen molar-refractivity contribution >= 4 is 11.6 Å². The number of hydrogen-bond acceptors (Lipinski definition) is 2. The second-order valence-corrected chi connectivity index (χ2v) is 5.93. The van der Waals surface area contributed by atoms with Gasteiger partial charge in [0.15, 0.2) is 0 Å². The molecule has 0 bridgehead atoms. The molecule has 0 unspecified atom stereocenters. The molecule has 1 aromatic rings. The summed E-state index contributed by atoms with van der Waals surface area (Å²) in [4.78, 5) is 14.7. The standard InChI is InChI=1S/C17H26N2O/c1-13-8-9-14(2)16(12-13)18-17(20)15(3)19-10-6-4-5-7-11-19/h8-9,12,15H,4-7,10-11H2,1-3H3,(H,18,20)/t15-/m1/s1. The predicted octanol–water partition coefficient (Wildman–Crippen LogP) is 3.51. The van der Waals surface area contributed by atoms with Gasteiger partial charge in [-0.1, -0.05) is 25.0 Å². The van der Waals surface area contributed by atoms with Crippen molar-refractivity contribution in [2.45, 2.75) is 52.5 Å². The highest BCUT2D eigenvalue weighted by molar-refractivity contribution is 5.95. The Kier molecular flexibility index (Phi) is 5.18. The first-order chi connectivity index (χ1) is 9.58. The zero-order valence-electron chi connectivity index (χ0n) is 12.9. The van der Waals surface area contributed by atoms with E-state index in [1.54, 1.807) is 0 Å². The Labute approximate surface area is 122 Å². The molecule has 110 valence electrons. The van der Waals surface area contributed by atoms with Crippen molar-refractivity contribution in [1.82, 2.24) is 4.90 Å². The van der Waals surface area contributed by atoms with Crippen molar-refractivity contribution in [2.75, 3.05) is 18.4 Å². The van der Waals surface area contributed by atoms with Gasteiger partial charge in [-0.05, 0) is 63.9 Å². The number of aryl methyl sites for hydroxylation is 2. The van der Waals surface area contributed by atoms with Gasteiger partial charge < -0.3 is 5.32 Å². The molecule has 1 fully saturated rings. The molecule has 0 aromatic heterocycles. The van der Waals surface area contributed by atoms with Gasteiger partial charge in [0.1, 0.15) is 0 Å². The van der Waals surface area contributed by atoms with Crippen LogP contribution in [-0.4, -0.2) is 29.9 Å². The Morgan fingerprint density at radius 3 is 2.45 bits per heavy atom. The fraction of sp³-hybridized carbons (Fsp3) is 0.588. The lowest BCUT2D eigenvalue weighted by Crippen LogP contribution is -2.42. The highest BCUT2D eigenvalue weighted by atomic mass is 16.2. The van der Waals surface area contributed by atoms with E-state index < -0.39 is 0 Å². The van der Waals surface area contributed by atoms with Gasteiger partial charge in [0.2, 0.25) is 5.91 Å². The molecular weight excluding hydrogens is 248 g/mol. The normalized spacial score (nSPS) is 18.4. The van der Waals surface area contributed by atoms with Gasteiger partial charge in [0.25, 0.3) is 0 Å².